The largest absolute Gasteiger partial charge is 0.376 e. The van der Waals surface area contributed by atoms with Gasteiger partial charge in [-0.2, -0.15) is 0 Å². The standard InChI is InChI=1S/C26H26O/c1-3-5-18-27-20-21-12-17-26(25(19-21)9-4-2)24-15-13-23(14-16-24)22-10-7-6-8-11-22/h3-4,6-17,19H,1,5,18,20H2,2H3/b9-4+. The van der Waals surface area contributed by atoms with Crippen LogP contribution in [0, 0.1) is 0 Å². The maximum absolute atomic E-state index is 5.71. The van der Waals surface area contributed by atoms with Gasteiger partial charge in [-0.1, -0.05) is 85.0 Å². The Hall–Kier alpha value is -2.90. The second-order valence-corrected chi connectivity index (χ2v) is 6.49. The van der Waals surface area contributed by atoms with E-state index in [2.05, 4.69) is 92.4 Å². The molecule has 0 atom stereocenters. The molecule has 0 unspecified atom stereocenters. The van der Waals surface area contributed by atoms with E-state index in [1.165, 1.54) is 33.4 Å². The van der Waals surface area contributed by atoms with Crippen molar-refractivity contribution in [2.45, 2.75) is 20.0 Å². The third kappa shape index (κ3) is 5.06. The topological polar surface area (TPSA) is 9.23 Å². The van der Waals surface area contributed by atoms with Crippen LogP contribution in [0.15, 0.2) is 91.5 Å². The van der Waals surface area contributed by atoms with Crippen LogP contribution in [0.3, 0.4) is 0 Å². The van der Waals surface area contributed by atoms with Gasteiger partial charge in [-0.05, 0) is 52.8 Å². The molecule has 0 saturated carbocycles. The van der Waals surface area contributed by atoms with Crippen LogP contribution in [0.25, 0.3) is 28.3 Å². The first-order chi connectivity index (χ1) is 13.3. The summed E-state index contributed by atoms with van der Waals surface area (Å²) in [6.45, 7) is 7.12. The molecule has 3 aromatic rings. The van der Waals surface area contributed by atoms with Gasteiger partial charge in [0.15, 0.2) is 0 Å². The van der Waals surface area contributed by atoms with Gasteiger partial charge in [-0.3, -0.25) is 0 Å². The highest BCUT2D eigenvalue weighted by Gasteiger charge is 2.06. The van der Waals surface area contributed by atoms with E-state index >= 15 is 0 Å². The smallest absolute Gasteiger partial charge is 0.0717 e. The lowest BCUT2D eigenvalue weighted by Gasteiger charge is -2.11. The molecule has 1 heteroatoms. The van der Waals surface area contributed by atoms with Crippen LogP contribution in [0.5, 0.6) is 0 Å². The second kappa shape index (κ2) is 9.70. The quantitative estimate of drug-likeness (QED) is 0.308. The SMILES string of the molecule is C=CCCOCc1ccc(-c2ccc(-c3ccccc3)cc2)c(/C=C/C)c1. The van der Waals surface area contributed by atoms with Gasteiger partial charge in [-0.15, -0.1) is 6.58 Å². The molecule has 0 fully saturated rings. The highest BCUT2D eigenvalue weighted by molar-refractivity contribution is 5.77. The molecule has 0 heterocycles. The molecule has 0 spiro atoms. The molecule has 3 aromatic carbocycles. The van der Waals surface area contributed by atoms with E-state index in [1.54, 1.807) is 0 Å². The summed E-state index contributed by atoms with van der Waals surface area (Å²) >= 11 is 0. The normalized spacial score (nSPS) is 11.0. The van der Waals surface area contributed by atoms with Crippen molar-refractivity contribution in [3.8, 4) is 22.3 Å². The van der Waals surface area contributed by atoms with Gasteiger partial charge < -0.3 is 4.74 Å². The van der Waals surface area contributed by atoms with E-state index in [0.717, 1.165) is 6.42 Å². The van der Waals surface area contributed by atoms with Crippen LogP contribution in [0.1, 0.15) is 24.5 Å². The molecular weight excluding hydrogens is 328 g/mol. The van der Waals surface area contributed by atoms with E-state index in [-0.39, 0.29) is 0 Å². The summed E-state index contributed by atoms with van der Waals surface area (Å²) in [6, 6.07) is 25.8. The number of ether oxygens (including phenoxy) is 1. The van der Waals surface area contributed by atoms with Crippen LogP contribution in [-0.4, -0.2) is 6.61 Å². The Morgan fingerprint density at radius 3 is 2.26 bits per heavy atom. The monoisotopic (exact) mass is 354 g/mol. The average molecular weight is 354 g/mol. The molecule has 0 bridgehead atoms. The van der Waals surface area contributed by atoms with Crippen molar-refractivity contribution in [3.63, 3.8) is 0 Å². The van der Waals surface area contributed by atoms with Crippen molar-refractivity contribution in [3.05, 3.63) is 103 Å². The maximum Gasteiger partial charge on any atom is 0.0717 e. The van der Waals surface area contributed by atoms with Crippen LogP contribution in [-0.2, 0) is 11.3 Å². The zero-order chi connectivity index (χ0) is 18.9. The summed E-state index contributed by atoms with van der Waals surface area (Å²) in [7, 11) is 0. The molecular formula is C26H26O. The first kappa shape index (κ1) is 18.9. The van der Waals surface area contributed by atoms with Gasteiger partial charge in [0.25, 0.3) is 0 Å². The second-order valence-electron chi connectivity index (χ2n) is 6.49. The summed E-state index contributed by atoms with van der Waals surface area (Å²) in [4.78, 5) is 0. The Bertz CT molecular complexity index is 889. The van der Waals surface area contributed by atoms with Gasteiger partial charge >= 0.3 is 0 Å². The molecule has 0 radical (unpaired) electrons. The van der Waals surface area contributed by atoms with Crippen molar-refractivity contribution >= 4 is 6.08 Å². The van der Waals surface area contributed by atoms with Gasteiger partial charge in [0.1, 0.15) is 0 Å². The fourth-order valence-corrected chi connectivity index (χ4v) is 3.11. The lowest BCUT2D eigenvalue weighted by atomic mass is 9.95. The predicted octanol–water partition coefficient (Wildman–Crippen LogP) is 7.15. The van der Waals surface area contributed by atoms with E-state index in [1.807, 2.05) is 12.1 Å². The lowest BCUT2D eigenvalue weighted by Crippen LogP contribution is -1.95. The van der Waals surface area contributed by atoms with E-state index in [0.29, 0.717) is 13.2 Å². The van der Waals surface area contributed by atoms with Gasteiger partial charge in [0, 0.05) is 0 Å². The first-order valence-electron chi connectivity index (χ1n) is 9.42. The number of allylic oxidation sites excluding steroid dienone is 1. The fraction of sp³-hybridized carbons (Fsp3) is 0.154. The zero-order valence-corrected chi connectivity index (χ0v) is 15.9. The van der Waals surface area contributed by atoms with Crippen LogP contribution >= 0.6 is 0 Å². The highest BCUT2D eigenvalue weighted by atomic mass is 16.5. The molecule has 1 nitrogen and oxygen atoms in total. The summed E-state index contributed by atoms with van der Waals surface area (Å²) in [5.41, 5.74) is 7.35. The van der Waals surface area contributed by atoms with Crippen molar-refractivity contribution in [2.75, 3.05) is 6.61 Å². The molecule has 27 heavy (non-hydrogen) atoms. The number of hydrogen-bond acceptors (Lipinski definition) is 1. The fourth-order valence-electron chi connectivity index (χ4n) is 3.11. The van der Waals surface area contributed by atoms with E-state index in [4.69, 9.17) is 4.74 Å². The molecule has 0 saturated heterocycles. The number of benzene rings is 3. The molecule has 0 aliphatic heterocycles. The average Bonchev–Trinajstić information content (AvgIpc) is 2.73. The van der Waals surface area contributed by atoms with Crippen LogP contribution in [0.2, 0.25) is 0 Å². The van der Waals surface area contributed by atoms with Crippen molar-refractivity contribution in [1.29, 1.82) is 0 Å². The third-order valence-electron chi connectivity index (χ3n) is 4.50. The molecule has 0 amide bonds. The molecule has 0 aliphatic carbocycles. The summed E-state index contributed by atoms with van der Waals surface area (Å²) < 4.78 is 5.71. The Morgan fingerprint density at radius 2 is 1.56 bits per heavy atom. The highest BCUT2D eigenvalue weighted by Crippen LogP contribution is 2.29. The molecule has 0 aromatic heterocycles. The molecule has 136 valence electrons. The van der Waals surface area contributed by atoms with Gasteiger partial charge in [-0.25, -0.2) is 0 Å². The van der Waals surface area contributed by atoms with Crippen molar-refractivity contribution in [1.82, 2.24) is 0 Å². The zero-order valence-electron chi connectivity index (χ0n) is 15.9. The first-order valence-corrected chi connectivity index (χ1v) is 9.42. The molecule has 0 N–H and O–H groups in total. The number of rotatable bonds is 8. The Labute approximate surface area is 162 Å². The summed E-state index contributed by atoms with van der Waals surface area (Å²) in [6.07, 6.45) is 7.01. The predicted molar refractivity (Wildman–Crippen MR) is 116 cm³/mol. The molecule has 0 aliphatic rings. The lowest BCUT2D eigenvalue weighted by molar-refractivity contribution is 0.125. The Kier molecular flexibility index (Phi) is 6.78. The summed E-state index contributed by atoms with van der Waals surface area (Å²) in [5.74, 6) is 0. The van der Waals surface area contributed by atoms with E-state index in [9.17, 15) is 0 Å². The Balaban J connectivity index is 1.83. The van der Waals surface area contributed by atoms with Crippen molar-refractivity contribution < 1.29 is 4.74 Å². The van der Waals surface area contributed by atoms with E-state index < -0.39 is 0 Å². The summed E-state index contributed by atoms with van der Waals surface area (Å²) in [5, 5.41) is 0. The number of hydrogen-bond donors (Lipinski definition) is 0. The van der Waals surface area contributed by atoms with Gasteiger partial charge in [0.2, 0.25) is 0 Å². The minimum Gasteiger partial charge on any atom is -0.376 e. The van der Waals surface area contributed by atoms with Crippen LogP contribution in [0.4, 0.5) is 0 Å². The Morgan fingerprint density at radius 1 is 0.852 bits per heavy atom. The maximum atomic E-state index is 5.71. The van der Waals surface area contributed by atoms with Gasteiger partial charge in [0.05, 0.1) is 13.2 Å². The minimum atomic E-state index is 0.631. The van der Waals surface area contributed by atoms with Crippen LogP contribution < -0.4 is 0 Å². The minimum absolute atomic E-state index is 0.631. The third-order valence-corrected chi connectivity index (χ3v) is 4.50. The molecule has 3 rings (SSSR count). The van der Waals surface area contributed by atoms with Crippen molar-refractivity contribution in [2.24, 2.45) is 0 Å².